The zero-order valence-corrected chi connectivity index (χ0v) is 16.8. The first kappa shape index (κ1) is 20.2. The van der Waals surface area contributed by atoms with Gasteiger partial charge in [0, 0.05) is 25.0 Å². The van der Waals surface area contributed by atoms with Crippen LogP contribution in [0.25, 0.3) is 0 Å². The number of hydrogen-bond donors (Lipinski definition) is 0. The number of carbonyl (C=O) groups excluding carboxylic acids is 2. The minimum absolute atomic E-state index is 0.0389. The number of benzene rings is 2. The van der Waals surface area contributed by atoms with Crippen LogP contribution >= 0.6 is 11.6 Å². The Kier molecular flexibility index (Phi) is 6.93. The van der Waals surface area contributed by atoms with Crippen LogP contribution in [0.4, 0.5) is 0 Å². The van der Waals surface area contributed by atoms with Gasteiger partial charge in [0.2, 0.25) is 11.8 Å². The van der Waals surface area contributed by atoms with Crippen molar-refractivity contribution in [1.29, 1.82) is 0 Å². The molecule has 1 unspecified atom stereocenters. The second kappa shape index (κ2) is 9.60. The average Bonchev–Trinajstić information content (AvgIpc) is 2.70. The van der Waals surface area contributed by atoms with Crippen LogP contribution in [0.5, 0.6) is 5.75 Å². The van der Waals surface area contributed by atoms with Gasteiger partial charge in [0.1, 0.15) is 18.4 Å². The molecule has 1 saturated heterocycles. The summed E-state index contributed by atoms with van der Waals surface area (Å²) in [6.45, 7) is 1.37. The van der Waals surface area contributed by atoms with Crippen molar-refractivity contribution in [3.63, 3.8) is 0 Å². The van der Waals surface area contributed by atoms with E-state index >= 15 is 0 Å². The molecular formula is C22H25ClN2O3. The van der Waals surface area contributed by atoms with Crippen LogP contribution in [0.3, 0.4) is 0 Å². The molecule has 3 rings (SSSR count). The summed E-state index contributed by atoms with van der Waals surface area (Å²) in [5.74, 6) is 0.604. The number of rotatable bonds is 7. The molecule has 148 valence electrons. The smallest absolute Gasteiger partial charge is 0.249 e. The molecule has 2 amide bonds. The van der Waals surface area contributed by atoms with E-state index < -0.39 is 6.04 Å². The van der Waals surface area contributed by atoms with E-state index in [4.69, 9.17) is 16.3 Å². The highest BCUT2D eigenvalue weighted by atomic mass is 35.5. The van der Waals surface area contributed by atoms with Gasteiger partial charge >= 0.3 is 0 Å². The van der Waals surface area contributed by atoms with Crippen molar-refractivity contribution in [2.75, 3.05) is 26.7 Å². The van der Waals surface area contributed by atoms with E-state index in [9.17, 15) is 9.59 Å². The third-order valence-electron chi connectivity index (χ3n) is 4.89. The van der Waals surface area contributed by atoms with E-state index in [2.05, 4.69) is 0 Å². The molecule has 5 nitrogen and oxygen atoms in total. The highest BCUT2D eigenvalue weighted by Crippen LogP contribution is 2.27. The fraction of sp³-hybridized carbons (Fsp3) is 0.364. The van der Waals surface area contributed by atoms with Gasteiger partial charge in [-0.15, -0.1) is 0 Å². The molecule has 6 heteroatoms. The van der Waals surface area contributed by atoms with Gasteiger partial charge in [0.05, 0.1) is 6.54 Å². The molecule has 1 heterocycles. The number of hydrogen-bond acceptors (Lipinski definition) is 3. The quantitative estimate of drug-likeness (QED) is 0.707. The van der Waals surface area contributed by atoms with E-state index in [1.807, 2.05) is 42.5 Å². The van der Waals surface area contributed by atoms with Crippen molar-refractivity contribution in [2.24, 2.45) is 0 Å². The Morgan fingerprint density at radius 1 is 1.18 bits per heavy atom. The number of likely N-dealkylation sites (N-methyl/N-ethyl adjacent to an activating group) is 1. The van der Waals surface area contributed by atoms with Crippen molar-refractivity contribution in [2.45, 2.75) is 25.3 Å². The highest BCUT2D eigenvalue weighted by Gasteiger charge is 2.34. The van der Waals surface area contributed by atoms with E-state index in [1.54, 1.807) is 29.0 Å². The lowest BCUT2D eigenvalue weighted by molar-refractivity contribution is -0.147. The lowest BCUT2D eigenvalue weighted by atomic mass is 10.00. The maximum atomic E-state index is 13.2. The lowest BCUT2D eigenvalue weighted by Crippen LogP contribution is -2.46. The first-order chi connectivity index (χ1) is 13.6. The minimum Gasteiger partial charge on any atom is -0.492 e. The second-order valence-corrected chi connectivity index (χ2v) is 7.36. The molecule has 0 radical (unpaired) electrons. The Labute approximate surface area is 170 Å². The summed E-state index contributed by atoms with van der Waals surface area (Å²) in [4.78, 5) is 29.1. The molecule has 0 bridgehead atoms. The van der Waals surface area contributed by atoms with Crippen LogP contribution in [-0.2, 0) is 9.59 Å². The summed E-state index contributed by atoms with van der Waals surface area (Å²) < 4.78 is 5.70. The number of ether oxygens (including phenoxy) is 1. The summed E-state index contributed by atoms with van der Waals surface area (Å²) in [7, 11) is 1.74. The van der Waals surface area contributed by atoms with E-state index in [-0.39, 0.29) is 11.8 Å². The Bertz CT molecular complexity index is 812. The topological polar surface area (TPSA) is 49.9 Å². The van der Waals surface area contributed by atoms with E-state index in [1.165, 1.54) is 0 Å². The van der Waals surface area contributed by atoms with Gasteiger partial charge in [-0.25, -0.2) is 0 Å². The van der Waals surface area contributed by atoms with Crippen molar-refractivity contribution in [3.8, 4) is 5.75 Å². The predicted molar refractivity (Wildman–Crippen MR) is 109 cm³/mol. The van der Waals surface area contributed by atoms with Crippen molar-refractivity contribution in [3.05, 3.63) is 65.2 Å². The average molecular weight is 401 g/mol. The first-order valence-electron chi connectivity index (χ1n) is 9.54. The molecule has 0 N–H and O–H groups in total. The van der Waals surface area contributed by atoms with E-state index in [0.717, 1.165) is 18.4 Å². The maximum absolute atomic E-state index is 13.2. The Balaban J connectivity index is 1.68. The maximum Gasteiger partial charge on any atom is 0.249 e. The highest BCUT2D eigenvalue weighted by molar-refractivity contribution is 6.30. The fourth-order valence-electron chi connectivity index (χ4n) is 3.37. The van der Waals surface area contributed by atoms with Gasteiger partial charge in [0.25, 0.3) is 0 Å². The van der Waals surface area contributed by atoms with Gasteiger partial charge < -0.3 is 14.5 Å². The number of piperidine rings is 1. The fourth-order valence-corrected chi connectivity index (χ4v) is 3.55. The SMILES string of the molecule is CN(CCOc1cccc(Cl)c1)C(=O)C(c1ccccc1)N1CCCCC1=O. The normalized spacial score (nSPS) is 15.2. The molecule has 28 heavy (non-hydrogen) atoms. The third-order valence-corrected chi connectivity index (χ3v) is 5.12. The van der Waals surface area contributed by atoms with Crippen molar-refractivity contribution in [1.82, 2.24) is 9.80 Å². The Morgan fingerprint density at radius 2 is 1.96 bits per heavy atom. The van der Waals surface area contributed by atoms with Crippen LogP contribution in [-0.4, -0.2) is 48.4 Å². The van der Waals surface area contributed by atoms with Gasteiger partial charge in [-0.05, 0) is 36.6 Å². The monoisotopic (exact) mass is 400 g/mol. The number of halogens is 1. The van der Waals surface area contributed by atoms with E-state index in [0.29, 0.717) is 36.9 Å². The zero-order valence-electron chi connectivity index (χ0n) is 16.0. The number of amides is 2. The molecule has 2 aromatic rings. The molecule has 1 aliphatic heterocycles. The minimum atomic E-state index is -0.592. The largest absolute Gasteiger partial charge is 0.492 e. The van der Waals surface area contributed by atoms with Crippen LogP contribution in [0, 0.1) is 0 Å². The van der Waals surface area contributed by atoms with Crippen LogP contribution in [0.15, 0.2) is 54.6 Å². The molecule has 0 saturated carbocycles. The van der Waals surface area contributed by atoms with Crippen LogP contribution in [0.2, 0.25) is 5.02 Å². The molecule has 1 aliphatic rings. The molecular weight excluding hydrogens is 376 g/mol. The summed E-state index contributed by atoms with van der Waals surface area (Å²) in [5.41, 5.74) is 0.838. The second-order valence-electron chi connectivity index (χ2n) is 6.92. The van der Waals surface area contributed by atoms with Crippen molar-refractivity contribution >= 4 is 23.4 Å². The third kappa shape index (κ3) is 5.04. The number of likely N-dealkylation sites (tertiary alicyclic amines) is 1. The number of nitrogens with zero attached hydrogens (tertiary/aromatic N) is 2. The molecule has 1 atom stereocenters. The van der Waals surface area contributed by atoms with Crippen LogP contribution < -0.4 is 4.74 Å². The lowest BCUT2D eigenvalue weighted by Gasteiger charge is -2.36. The van der Waals surface area contributed by atoms with Crippen LogP contribution in [0.1, 0.15) is 30.9 Å². The summed E-state index contributed by atoms with van der Waals surface area (Å²) >= 11 is 5.96. The molecule has 1 fully saturated rings. The summed E-state index contributed by atoms with van der Waals surface area (Å²) in [6.07, 6.45) is 2.30. The number of carbonyl (C=O) groups is 2. The van der Waals surface area contributed by atoms with Gasteiger partial charge in [-0.2, -0.15) is 0 Å². The molecule has 2 aromatic carbocycles. The summed E-state index contributed by atoms with van der Waals surface area (Å²) in [5, 5.41) is 0.606. The molecule has 0 aromatic heterocycles. The van der Waals surface area contributed by atoms with Crippen molar-refractivity contribution < 1.29 is 14.3 Å². The van der Waals surface area contributed by atoms with Gasteiger partial charge in [-0.1, -0.05) is 48.0 Å². The zero-order chi connectivity index (χ0) is 19.9. The first-order valence-corrected chi connectivity index (χ1v) is 9.92. The summed E-state index contributed by atoms with van der Waals surface area (Å²) in [6, 6.07) is 16.1. The van der Waals surface area contributed by atoms with Gasteiger partial charge in [-0.3, -0.25) is 9.59 Å². The van der Waals surface area contributed by atoms with Gasteiger partial charge in [0.15, 0.2) is 0 Å². The Morgan fingerprint density at radius 3 is 2.68 bits per heavy atom. The Hall–Kier alpha value is -2.53. The molecule has 0 spiro atoms. The standard InChI is InChI=1S/C22H25ClN2O3/c1-24(14-15-28-19-11-7-10-18(23)16-19)22(27)21(17-8-3-2-4-9-17)25-13-6-5-12-20(25)26/h2-4,7-11,16,21H,5-6,12-15H2,1H3. The molecule has 0 aliphatic carbocycles. The predicted octanol–water partition coefficient (Wildman–Crippen LogP) is 3.93.